The Balaban J connectivity index is 2.00. The Bertz CT molecular complexity index is 388. The molecular formula is C13H20N2O4. The van der Waals surface area contributed by atoms with Gasteiger partial charge in [-0.15, -0.1) is 0 Å². The van der Waals surface area contributed by atoms with Crippen LogP contribution in [-0.4, -0.2) is 34.5 Å². The molecule has 2 aliphatic rings. The van der Waals surface area contributed by atoms with E-state index in [4.69, 9.17) is 5.11 Å². The zero-order valence-electron chi connectivity index (χ0n) is 10.9. The number of carbonyl (C=O) groups is 3. The summed E-state index contributed by atoms with van der Waals surface area (Å²) in [7, 11) is 0. The van der Waals surface area contributed by atoms with Crippen LogP contribution in [0.25, 0.3) is 0 Å². The van der Waals surface area contributed by atoms with Crippen molar-refractivity contribution in [3.05, 3.63) is 0 Å². The van der Waals surface area contributed by atoms with Gasteiger partial charge in [-0.1, -0.05) is 19.3 Å². The van der Waals surface area contributed by atoms with Crippen molar-refractivity contribution in [2.75, 3.05) is 0 Å². The predicted molar refractivity (Wildman–Crippen MR) is 67.4 cm³/mol. The molecule has 2 fully saturated rings. The summed E-state index contributed by atoms with van der Waals surface area (Å²) >= 11 is 0. The van der Waals surface area contributed by atoms with Crippen LogP contribution < -0.4 is 10.6 Å². The van der Waals surface area contributed by atoms with Crippen molar-refractivity contribution in [3.63, 3.8) is 0 Å². The monoisotopic (exact) mass is 268 g/mol. The van der Waals surface area contributed by atoms with Gasteiger partial charge >= 0.3 is 5.97 Å². The second kappa shape index (κ2) is 5.59. The summed E-state index contributed by atoms with van der Waals surface area (Å²) in [6.07, 6.45) is 5.17. The second-order valence-corrected chi connectivity index (χ2v) is 5.56. The summed E-state index contributed by atoms with van der Waals surface area (Å²) in [5.41, 5.74) is -0.630. The molecule has 6 heteroatoms. The van der Waals surface area contributed by atoms with Crippen molar-refractivity contribution in [3.8, 4) is 0 Å². The number of rotatable bonds is 4. The summed E-state index contributed by atoms with van der Waals surface area (Å²) < 4.78 is 0. The third-order valence-electron chi connectivity index (χ3n) is 4.00. The maximum atomic E-state index is 12.1. The van der Waals surface area contributed by atoms with Gasteiger partial charge < -0.3 is 15.7 Å². The molecule has 1 aliphatic carbocycles. The molecule has 0 aromatic heterocycles. The number of carboxylic acid groups (broad SMARTS) is 1. The zero-order chi connectivity index (χ0) is 13.9. The Morgan fingerprint density at radius 2 is 2.00 bits per heavy atom. The highest BCUT2D eigenvalue weighted by Crippen LogP contribution is 2.31. The SMILES string of the molecule is O=C(O)CC1(NC(=O)[C@@H]2CCC(=O)N2)CCCCC1. The van der Waals surface area contributed by atoms with Gasteiger partial charge in [0, 0.05) is 6.42 Å². The average Bonchev–Trinajstić information content (AvgIpc) is 2.76. The molecule has 106 valence electrons. The normalized spacial score (nSPS) is 25.7. The topological polar surface area (TPSA) is 95.5 Å². The van der Waals surface area contributed by atoms with Gasteiger partial charge in [-0.3, -0.25) is 14.4 Å². The van der Waals surface area contributed by atoms with E-state index in [1.165, 1.54) is 0 Å². The first-order valence-electron chi connectivity index (χ1n) is 6.84. The van der Waals surface area contributed by atoms with Crippen molar-refractivity contribution < 1.29 is 19.5 Å². The smallest absolute Gasteiger partial charge is 0.305 e. The second-order valence-electron chi connectivity index (χ2n) is 5.56. The first-order chi connectivity index (χ1) is 9.01. The molecule has 0 aromatic carbocycles. The molecule has 1 atom stereocenters. The fourth-order valence-electron chi connectivity index (χ4n) is 3.02. The maximum absolute atomic E-state index is 12.1. The van der Waals surface area contributed by atoms with Crippen LogP contribution in [0.5, 0.6) is 0 Å². The molecule has 0 unspecified atom stereocenters. The van der Waals surface area contributed by atoms with Crippen LogP contribution in [0.4, 0.5) is 0 Å². The number of amides is 2. The summed E-state index contributed by atoms with van der Waals surface area (Å²) in [5.74, 6) is -1.25. The minimum Gasteiger partial charge on any atom is -0.481 e. The number of carbonyl (C=O) groups excluding carboxylic acids is 2. The molecule has 1 saturated heterocycles. The third-order valence-corrected chi connectivity index (χ3v) is 4.00. The van der Waals surface area contributed by atoms with E-state index in [2.05, 4.69) is 10.6 Å². The zero-order valence-corrected chi connectivity index (χ0v) is 10.9. The number of carboxylic acids is 1. The van der Waals surface area contributed by atoms with Crippen molar-refractivity contribution in [1.29, 1.82) is 0 Å². The Morgan fingerprint density at radius 1 is 1.32 bits per heavy atom. The van der Waals surface area contributed by atoms with Gasteiger partial charge in [0.25, 0.3) is 0 Å². The van der Waals surface area contributed by atoms with Crippen LogP contribution in [0.15, 0.2) is 0 Å². The molecule has 0 aromatic rings. The van der Waals surface area contributed by atoms with E-state index in [9.17, 15) is 14.4 Å². The summed E-state index contributed by atoms with van der Waals surface area (Å²) in [6.45, 7) is 0. The highest BCUT2D eigenvalue weighted by molar-refractivity contribution is 5.91. The molecule has 0 radical (unpaired) electrons. The lowest BCUT2D eigenvalue weighted by molar-refractivity contribution is -0.140. The Labute approximate surface area is 111 Å². The highest BCUT2D eigenvalue weighted by Gasteiger charge is 2.38. The molecule has 0 spiro atoms. The fourth-order valence-corrected chi connectivity index (χ4v) is 3.02. The quantitative estimate of drug-likeness (QED) is 0.694. The Morgan fingerprint density at radius 3 is 2.53 bits per heavy atom. The molecule has 1 saturated carbocycles. The highest BCUT2D eigenvalue weighted by atomic mass is 16.4. The first kappa shape index (κ1) is 13.8. The molecule has 6 nitrogen and oxygen atoms in total. The van der Waals surface area contributed by atoms with Gasteiger partial charge in [-0.05, 0) is 19.3 Å². The van der Waals surface area contributed by atoms with E-state index < -0.39 is 17.6 Å². The minimum atomic E-state index is -0.891. The lowest BCUT2D eigenvalue weighted by Gasteiger charge is -2.37. The minimum absolute atomic E-state index is 0.0423. The molecule has 2 amide bonds. The third kappa shape index (κ3) is 3.45. The number of aliphatic carboxylic acids is 1. The number of hydrogen-bond donors (Lipinski definition) is 3. The van der Waals surface area contributed by atoms with E-state index in [0.717, 1.165) is 19.3 Å². The van der Waals surface area contributed by atoms with Crippen LogP contribution in [-0.2, 0) is 14.4 Å². The molecule has 1 aliphatic heterocycles. The average molecular weight is 268 g/mol. The van der Waals surface area contributed by atoms with E-state index in [0.29, 0.717) is 25.7 Å². The van der Waals surface area contributed by atoms with Crippen LogP contribution in [0.1, 0.15) is 51.4 Å². The molecule has 3 N–H and O–H groups in total. The van der Waals surface area contributed by atoms with E-state index in [1.807, 2.05) is 0 Å². The van der Waals surface area contributed by atoms with Crippen LogP contribution in [0.2, 0.25) is 0 Å². The lowest BCUT2D eigenvalue weighted by Crippen LogP contribution is -2.55. The summed E-state index contributed by atoms with van der Waals surface area (Å²) in [6, 6.07) is -0.500. The molecule has 0 bridgehead atoms. The van der Waals surface area contributed by atoms with E-state index in [1.54, 1.807) is 0 Å². The molecular weight excluding hydrogens is 248 g/mol. The predicted octanol–water partition coefficient (Wildman–Crippen LogP) is 0.559. The lowest BCUT2D eigenvalue weighted by atomic mass is 9.79. The number of hydrogen-bond acceptors (Lipinski definition) is 3. The van der Waals surface area contributed by atoms with Gasteiger partial charge in [-0.25, -0.2) is 0 Å². The van der Waals surface area contributed by atoms with Gasteiger partial charge in [0.2, 0.25) is 11.8 Å². The maximum Gasteiger partial charge on any atom is 0.305 e. The van der Waals surface area contributed by atoms with Crippen molar-refractivity contribution >= 4 is 17.8 Å². The fraction of sp³-hybridized carbons (Fsp3) is 0.769. The van der Waals surface area contributed by atoms with Crippen LogP contribution in [0, 0.1) is 0 Å². The van der Waals surface area contributed by atoms with Gasteiger partial charge in [0.05, 0.1) is 12.0 Å². The van der Waals surface area contributed by atoms with Crippen molar-refractivity contribution in [1.82, 2.24) is 10.6 Å². The Hall–Kier alpha value is -1.59. The summed E-state index contributed by atoms with van der Waals surface area (Å²) in [4.78, 5) is 34.3. The van der Waals surface area contributed by atoms with Crippen molar-refractivity contribution in [2.24, 2.45) is 0 Å². The van der Waals surface area contributed by atoms with Gasteiger partial charge in [0.1, 0.15) is 6.04 Å². The van der Waals surface area contributed by atoms with E-state index >= 15 is 0 Å². The van der Waals surface area contributed by atoms with Crippen molar-refractivity contribution in [2.45, 2.75) is 62.9 Å². The standard InChI is InChI=1S/C13H20N2O4/c16-10-5-4-9(14-10)12(19)15-13(8-11(17)18)6-2-1-3-7-13/h9H,1-8H2,(H,14,16)(H,15,19)(H,17,18)/t9-/m0/s1. The van der Waals surface area contributed by atoms with Crippen LogP contribution >= 0.6 is 0 Å². The van der Waals surface area contributed by atoms with Gasteiger partial charge in [0.15, 0.2) is 0 Å². The largest absolute Gasteiger partial charge is 0.481 e. The van der Waals surface area contributed by atoms with E-state index in [-0.39, 0.29) is 18.2 Å². The Kier molecular flexibility index (Phi) is 4.07. The van der Waals surface area contributed by atoms with Crippen LogP contribution in [0.3, 0.4) is 0 Å². The molecule has 2 rings (SSSR count). The first-order valence-corrected chi connectivity index (χ1v) is 6.84. The molecule has 1 heterocycles. The number of nitrogens with one attached hydrogen (secondary N) is 2. The molecule has 19 heavy (non-hydrogen) atoms. The summed E-state index contributed by atoms with van der Waals surface area (Å²) in [5, 5.41) is 14.5. The van der Waals surface area contributed by atoms with Gasteiger partial charge in [-0.2, -0.15) is 0 Å².